The molecule has 0 N–H and O–H groups in total. The lowest BCUT2D eigenvalue weighted by Crippen LogP contribution is -2.10. The van der Waals surface area contributed by atoms with Gasteiger partial charge < -0.3 is 9.47 Å². The predicted octanol–water partition coefficient (Wildman–Crippen LogP) is 4.99. The summed E-state index contributed by atoms with van der Waals surface area (Å²) in [7, 11) is 0. The Labute approximate surface area is 153 Å². The minimum atomic E-state index is -0.390. The molecule has 0 saturated carbocycles. The van der Waals surface area contributed by atoms with Gasteiger partial charge in [0, 0.05) is 11.1 Å². The zero-order valence-corrected chi connectivity index (χ0v) is 14.9. The van der Waals surface area contributed by atoms with Crippen molar-refractivity contribution in [1.82, 2.24) is 4.98 Å². The molecule has 0 aliphatic heterocycles. The average Bonchev–Trinajstić information content (AvgIpc) is 2.69. The van der Waals surface area contributed by atoms with Crippen LogP contribution in [0.5, 0.6) is 5.88 Å². The summed E-state index contributed by atoms with van der Waals surface area (Å²) in [5.41, 5.74) is 3.55. The van der Waals surface area contributed by atoms with Crippen LogP contribution >= 0.6 is 0 Å². The minimum absolute atomic E-state index is 0.306. The summed E-state index contributed by atoms with van der Waals surface area (Å²) < 4.78 is 11.0. The molecule has 26 heavy (non-hydrogen) atoms. The van der Waals surface area contributed by atoms with Crippen LogP contribution in [-0.4, -0.2) is 24.2 Å². The van der Waals surface area contributed by atoms with Crippen molar-refractivity contribution in [2.45, 2.75) is 13.8 Å². The van der Waals surface area contributed by atoms with Gasteiger partial charge in [0.2, 0.25) is 5.88 Å². The van der Waals surface area contributed by atoms with Crippen LogP contribution in [0, 0.1) is 0 Å². The van der Waals surface area contributed by atoms with E-state index in [2.05, 4.69) is 4.98 Å². The third-order valence-corrected chi connectivity index (χ3v) is 3.90. The van der Waals surface area contributed by atoms with Crippen LogP contribution in [0.15, 0.2) is 66.7 Å². The number of pyridine rings is 1. The highest BCUT2D eigenvalue weighted by atomic mass is 16.5. The Morgan fingerprint density at radius 2 is 1.50 bits per heavy atom. The topological polar surface area (TPSA) is 48.4 Å². The highest BCUT2D eigenvalue weighted by molar-refractivity contribution is 5.98. The number of ether oxygens (including phenoxy) is 2. The van der Waals surface area contributed by atoms with Crippen molar-refractivity contribution in [2.75, 3.05) is 13.2 Å². The molecule has 4 nitrogen and oxygen atoms in total. The van der Waals surface area contributed by atoms with Gasteiger partial charge in [0.15, 0.2) is 0 Å². The number of esters is 1. The van der Waals surface area contributed by atoms with Gasteiger partial charge in [-0.15, -0.1) is 0 Å². The van der Waals surface area contributed by atoms with Crippen molar-refractivity contribution in [3.05, 3.63) is 72.3 Å². The largest absolute Gasteiger partial charge is 0.478 e. The zero-order valence-electron chi connectivity index (χ0n) is 14.9. The summed E-state index contributed by atoms with van der Waals surface area (Å²) in [6.45, 7) is 4.50. The van der Waals surface area contributed by atoms with Crippen molar-refractivity contribution in [3.63, 3.8) is 0 Å². The molecule has 1 aromatic heterocycles. The molecule has 0 aliphatic rings. The highest BCUT2D eigenvalue weighted by Crippen LogP contribution is 2.34. The average molecular weight is 347 g/mol. The van der Waals surface area contributed by atoms with Crippen molar-refractivity contribution < 1.29 is 14.3 Å². The number of carbonyl (C=O) groups excluding carboxylic acids is 1. The van der Waals surface area contributed by atoms with Gasteiger partial charge in [-0.3, -0.25) is 0 Å². The van der Waals surface area contributed by atoms with E-state index in [1.165, 1.54) is 0 Å². The maximum absolute atomic E-state index is 12.6. The lowest BCUT2D eigenvalue weighted by Gasteiger charge is -2.15. The third-order valence-electron chi connectivity index (χ3n) is 3.90. The van der Waals surface area contributed by atoms with E-state index in [0.29, 0.717) is 30.4 Å². The van der Waals surface area contributed by atoms with E-state index in [1.807, 2.05) is 73.7 Å². The van der Waals surface area contributed by atoms with Crippen LogP contribution in [0.2, 0.25) is 0 Å². The van der Waals surface area contributed by atoms with E-state index >= 15 is 0 Å². The van der Waals surface area contributed by atoms with Crippen LogP contribution < -0.4 is 4.74 Å². The van der Waals surface area contributed by atoms with Crippen molar-refractivity contribution >= 4 is 5.97 Å². The van der Waals surface area contributed by atoms with E-state index in [0.717, 1.165) is 16.7 Å². The normalized spacial score (nSPS) is 10.4. The molecule has 0 radical (unpaired) electrons. The minimum Gasteiger partial charge on any atom is -0.478 e. The Morgan fingerprint density at radius 3 is 2.08 bits per heavy atom. The van der Waals surface area contributed by atoms with Crippen LogP contribution in [0.3, 0.4) is 0 Å². The highest BCUT2D eigenvalue weighted by Gasteiger charge is 2.21. The van der Waals surface area contributed by atoms with Gasteiger partial charge in [0.1, 0.15) is 0 Å². The van der Waals surface area contributed by atoms with Gasteiger partial charge >= 0.3 is 5.97 Å². The number of hydrogen-bond acceptors (Lipinski definition) is 4. The molecule has 0 fully saturated rings. The number of benzene rings is 2. The fourth-order valence-electron chi connectivity index (χ4n) is 2.75. The van der Waals surface area contributed by atoms with Gasteiger partial charge in [0.05, 0.1) is 24.5 Å². The van der Waals surface area contributed by atoms with Crippen molar-refractivity contribution in [3.8, 4) is 28.3 Å². The second-order valence-electron chi connectivity index (χ2n) is 5.62. The number of nitrogens with zero attached hydrogens (tertiary/aromatic N) is 1. The smallest absolute Gasteiger partial charge is 0.340 e. The molecule has 0 unspecified atom stereocenters. The molecule has 3 aromatic rings. The zero-order chi connectivity index (χ0) is 18.4. The number of hydrogen-bond donors (Lipinski definition) is 0. The van der Waals surface area contributed by atoms with Gasteiger partial charge in [-0.05, 0) is 25.5 Å². The number of aromatic nitrogens is 1. The fraction of sp³-hybridized carbons (Fsp3) is 0.182. The number of carbonyl (C=O) groups is 1. The summed E-state index contributed by atoms with van der Waals surface area (Å²) in [6, 6.07) is 21.2. The van der Waals surface area contributed by atoms with Crippen molar-refractivity contribution in [1.29, 1.82) is 0 Å². The molecule has 0 aliphatic carbocycles. The second kappa shape index (κ2) is 8.30. The van der Waals surface area contributed by atoms with E-state index in [-0.39, 0.29) is 5.97 Å². The summed E-state index contributed by atoms with van der Waals surface area (Å²) in [5.74, 6) is 0.115. The maximum Gasteiger partial charge on any atom is 0.340 e. The van der Waals surface area contributed by atoms with Crippen LogP contribution in [0.1, 0.15) is 24.2 Å². The molecule has 4 heteroatoms. The molecule has 3 rings (SSSR count). The molecule has 132 valence electrons. The maximum atomic E-state index is 12.6. The van der Waals surface area contributed by atoms with E-state index in [9.17, 15) is 4.79 Å². The Bertz CT molecular complexity index is 877. The first kappa shape index (κ1) is 17.7. The Balaban J connectivity index is 2.23. The Morgan fingerprint density at radius 1 is 0.885 bits per heavy atom. The lowest BCUT2D eigenvalue weighted by molar-refractivity contribution is 0.0527. The first-order valence-corrected chi connectivity index (χ1v) is 8.70. The monoisotopic (exact) mass is 347 g/mol. The standard InChI is InChI=1S/C22H21NO3/c1-3-25-21-18(16-11-7-5-8-12-16)15-19(22(24)26-4-2)20(23-21)17-13-9-6-10-14-17/h5-15H,3-4H2,1-2H3. The lowest BCUT2D eigenvalue weighted by atomic mass is 10.00. The number of rotatable bonds is 6. The molecule has 0 bridgehead atoms. The van der Waals surface area contributed by atoms with E-state index in [4.69, 9.17) is 9.47 Å². The summed E-state index contributed by atoms with van der Waals surface area (Å²) in [5, 5.41) is 0. The van der Waals surface area contributed by atoms with E-state index in [1.54, 1.807) is 6.92 Å². The molecular formula is C22H21NO3. The molecule has 1 heterocycles. The molecule has 0 atom stereocenters. The summed E-state index contributed by atoms with van der Waals surface area (Å²) in [4.78, 5) is 17.3. The first-order valence-electron chi connectivity index (χ1n) is 8.70. The quantitative estimate of drug-likeness (QED) is 0.589. The SMILES string of the molecule is CCOC(=O)c1cc(-c2ccccc2)c(OCC)nc1-c1ccccc1. The van der Waals surface area contributed by atoms with E-state index < -0.39 is 0 Å². The summed E-state index contributed by atoms with van der Waals surface area (Å²) >= 11 is 0. The molecular weight excluding hydrogens is 326 g/mol. The molecule has 0 spiro atoms. The van der Waals surface area contributed by atoms with Crippen molar-refractivity contribution in [2.24, 2.45) is 0 Å². The second-order valence-corrected chi connectivity index (χ2v) is 5.62. The molecule has 0 amide bonds. The third kappa shape index (κ3) is 3.75. The molecule has 2 aromatic carbocycles. The summed E-state index contributed by atoms with van der Waals surface area (Å²) in [6.07, 6.45) is 0. The van der Waals surface area contributed by atoms with Gasteiger partial charge in [-0.2, -0.15) is 0 Å². The van der Waals surface area contributed by atoms with Gasteiger partial charge in [0.25, 0.3) is 0 Å². The molecule has 0 saturated heterocycles. The van der Waals surface area contributed by atoms with Crippen LogP contribution in [0.4, 0.5) is 0 Å². The van der Waals surface area contributed by atoms with Crippen LogP contribution in [-0.2, 0) is 4.74 Å². The van der Waals surface area contributed by atoms with Crippen LogP contribution in [0.25, 0.3) is 22.4 Å². The van der Waals surface area contributed by atoms with Gasteiger partial charge in [-0.25, -0.2) is 9.78 Å². The fourth-order valence-corrected chi connectivity index (χ4v) is 2.75. The Kier molecular flexibility index (Phi) is 5.64. The Hall–Kier alpha value is -3.14. The first-order chi connectivity index (χ1) is 12.7. The van der Waals surface area contributed by atoms with Gasteiger partial charge in [-0.1, -0.05) is 60.7 Å². The predicted molar refractivity (Wildman–Crippen MR) is 102 cm³/mol.